The number of rotatable bonds is 2. The number of carbonyl (C=O) groups excluding carboxylic acids is 1. The number of aromatic nitrogens is 2. The number of amides is 1. The fourth-order valence-corrected chi connectivity index (χ4v) is 4.02. The lowest BCUT2D eigenvalue weighted by Gasteiger charge is -2.15. The SMILES string of the molecule is O=C(c1cnc(-c2ccccn2)s1)N1C[C@H]2CNC[C@H]2C1. The van der Waals surface area contributed by atoms with Gasteiger partial charge in [-0.05, 0) is 24.0 Å². The van der Waals surface area contributed by atoms with Crippen molar-refractivity contribution in [2.45, 2.75) is 0 Å². The first-order valence-electron chi connectivity index (χ1n) is 7.18. The van der Waals surface area contributed by atoms with E-state index in [0.717, 1.165) is 36.9 Å². The Kier molecular flexibility index (Phi) is 3.20. The molecule has 2 atom stereocenters. The second kappa shape index (κ2) is 5.20. The van der Waals surface area contributed by atoms with Crippen LogP contribution in [-0.4, -0.2) is 47.0 Å². The summed E-state index contributed by atoms with van der Waals surface area (Å²) in [4.78, 5) is 23.9. The summed E-state index contributed by atoms with van der Waals surface area (Å²) in [6, 6.07) is 5.72. The molecular formula is C15H16N4OS. The van der Waals surface area contributed by atoms with Gasteiger partial charge in [-0.15, -0.1) is 11.3 Å². The fraction of sp³-hybridized carbons (Fsp3) is 0.400. The van der Waals surface area contributed by atoms with E-state index in [-0.39, 0.29) is 5.91 Å². The molecule has 0 bridgehead atoms. The molecule has 2 aromatic rings. The van der Waals surface area contributed by atoms with Crippen LogP contribution in [0.2, 0.25) is 0 Å². The van der Waals surface area contributed by atoms with Crippen molar-refractivity contribution >= 4 is 17.2 Å². The Bertz CT molecular complexity index is 645. The molecule has 1 amide bonds. The summed E-state index contributed by atoms with van der Waals surface area (Å²) in [5, 5.41) is 4.20. The molecule has 2 aliphatic rings. The first kappa shape index (κ1) is 12.9. The number of nitrogens with zero attached hydrogens (tertiary/aromatic N) is 3. The van der Waals surface area contributed by atoms with E-state index in [2.05, 4.69) is 15.3 Å². The number of carbonyl (C=O) groups is 1. The second-order valence-corrected chi connectivity index (χ2v) is 6.66. The van der Waals surface area contributed by atoms with Gasteiger partial charge in [-0.25, -0.2) is 4.98 Å². The summed E-state index contributed by atoms with van der Waals surface area (Å²) in [5.74, 6) is 1.36. The average Bonchev–Trinajstić information content (AvgIpc) is 3.22. The Morgan fingerprint density at radius 2 is 2.05 bits per heavy atom. The molecule has 2 fully saturated rings. The van der Waals surface area contributed by atoms with E-state index in [4.69, 9.17) is 0 Å². The molecule has 2 saturated heterocycles. The standard InChI is InChI=1S/C15H16N4OS/c20-15(19-8-10-5-16-6-11(10)9-19)13-7-18-14(21-13)12-3-1-2-4-17-12/h1-4,7,10-11,16H,5-6,8-9H2/t10-,11+. The molecule has 0 aliphatic carbocycles. The van der Waals surface area contributed by atoms with E-state index in [0.29, 0.717) is 16.7 Å². The molecule has 21 heavy (non-hydrogen) atoms. The van der Waals surface area contributed by atoms with Gasteiger partial charge in [0.25, 0.3) is 5.91 Å². The Morgan fingerprint density at radius 1 is 1.24 bits per heavy atom. The zero-order valence-electron chi connectivity index (χ0n) is 11.5. The number of thiazole rings is 1. The molecule has 6 heteroatoms. The Morgan fingerprint density at radius 3 is 2.76 bits per heavy atom. The normalized spacial score (nSPS) is 24.3. The molecule has 1 N–H and O–H groups in total. The van der Waals surface area contributed by atoms with Crippen LogP contribution < -0.4 is 5.32 Å². The minimum absolute atomic E-state index is 0.115. The van der Waals surface area contributed by atoms with Crippen molar-refractivity contribution in [3.05, 3.63) is 35.5 Å². The minimum atomic E-state index is 0.115. The summed E-state index contributed by atoms with van der Waals surface area (Å²) < 4.78 is 0. The van der Waals surface area contributed by atoms with E-state index in [1.54, 1.807) is 12.4 Å². The predicted molar refractivity (Wildman–Crippen MR) is 81.1 cm³/mol. The van der Waals surface area contributed by atoms with Crippen LogP contribution >= 0.6 is 11.3 Å². The van der Waals surface area contributed by atoms with Crippen LogP contribution in [0, 0.1) is 11.8 Å². The number of pyridine rings is 1. The van der Waals surface area contributed by atoms with Crippen molar-refractivity contribution in [3.63, 3.8) is 0 Å². The number of hydrogen-bond acceptors (Lipinski definition) is 5. The average molecular weight is 300 g/mol. The van der Waals surface area contributed by atoms with Crippen molar-refractivity contribution in [1.29, 1.82) is 0 Å². The zero-order valence-corrected chi connectivity index (χ0v) is 12.3. The molecule has 4 rings (SSSR count). The van der Waals surface area contributed by atoms with Gasteiger partial charge in [0.1, 0.15) is 9.88 Å². The van der Waals surface area contributed by atoms with Gasteiger partial charge in [0.2, 0.25) is 0 Å². The van der Waals surface area contributed by atoms with Gasteiger partial charge in [0, 0.05) is 32.4 Å². The molecule has 2 aromatic heterocycles. The molecule has 0 spiro atoms. The van der Waals surface area contributed by atoms with Crippen molar-refractivity contribution in [2.75, 3.05) is 26.2 Å². The fourth-order valence-electron chi connectivity index (χ4n) is 3.16. The Labute approximate surface area is 127 Å². The van der Waals surface area contributed by atoms with Gasteiger partial charge in [-0.3, -0.25) is 9.78 Å². The maximum atomic E-state index is 12.6. The third-order valence-corrected chi connectivity index (χ3v) is 5.29. The lowest BCUT2D eigenvalue weighted by Crippen LogP contribution is -2.31. The van der Waals surface area contributed by atoms with Gasteiger partial charge in [0.05, 0.1) is 11.9 Å². The van der Waals surface area contributed by atoms with Crippen molar-refractivity contribution in [3.8, 4) is 10.7 Å². The highest BCUT2D eigenvalue weighted by atomic mass is 32.1. The highest BCUT2D eigenvalue weighted by Crippen LogP contribution is 2.30. The number of fused-ring (bicyclic) bond motifs is 1. The smallest absolute Gasteiger partial charge is 0.265 e. The Balaban J connectivity index is 1.52. The topological polar surface area (TPSA) is 58.1 Å². The predicted octanol–water partition coefficient (Wildman–Crippen LogP) is 1.50. The van der Waals surface area contributed by atoms with Gasteiger partial charge >= 0.3 is 0 Å². The van der Waals surface area contributed by atoms with Crippen molar-refractivity contribution in [2.24, 2.45) is 11.8 Å². The zero-order chi connectivity index (χ0) is 14.2. The van der Waals surface area contributed by atoms with Crippen LogP contribution in [0.1, 0.15) is 9.67 Å². The first-order valence-corrected chi connectivity index (χ1v) is 8.00. The monoisotopic (exact) mass is 300 g/mol. The maximum absolute atomic E-state index is 12.6. The van der Waals surface area contributed by atoms with Gasteiger partial charge in [-0.2, -0.15) is 0 Å². The molecule has 0 saturated carbocycles. The molecule has 0 unspecified atom stereocenters. The highest BCUT2D eigenvalue weighted by Gasteiger charge is 2.38. The van der Waals surface area contributed by atoms with E-state index >= 15 is 0 Å². The van der Waals surface area contributed by atoms with Crippen LogP contribution in [0.5, 0.6) is 0 Å². The number of nitrogens with one attached hydrogen (secondary N) is 1. The van der Waals surface area contributed by atoms with E-state index in [9.17, 15) is 4.79 Å². The summed E-state index contributed by atoms with van der Waals surface area (Å²) in [6.45, 7) is 3.81. The summed E-state index contributed by atoms with van der Waals surface area (Å²) in [7, 11) is 0. The number of likely N-dealkylation sites (tertiary alicyclic amines) is 1. The van der Waals surface area contributed by atoms with E-state index < -0.39 is 0 Å². The van der Waals surface area contributed by atoms with Crippen LogP contribution in [0.25, 0.3) is 10.7 Å². The maximum Gasteiger partial charge on any atom is 0.265 e. The third kappa shape index (κ3) is 2.34. The van der Waals surface area contributed by atoms with Gasteiger partial charge in [-0.1, -0.05) is 6.07 Å². The summed E-state index contributed by atoms with van der Waals surface area (Å²) in [5.41, 5.74) is 0.823. The van der Waals surface area contributed by atoms with Crippen LogP contribution in [0.3, 0.4) is 0 Å². The quantitative estimate of drug-likeness (QED) is 0.913. The summed E-state index contributed by atoms with van der Waals surface area (Å²) in [6.07, 6.45) is 3.43. The van der Waals surface area contributed by atoms with Crippen LogP contribution in [-0.2, 0) is 0 Å². The van der Waals surface area contributed by atoms with Crippen LogP contribution in [0.15, 0.2) is 30.6 Å². The van der Waals surface area contributed by atoms with Gasteiger partial charge in [0.15, 0.2) is 0 Å². The molecule has 0 radical (unpaired) electrons. The highest BCUT2D eigenvalue weighted by molar-refractivity contribution is 7.16. The largest absolute Gasteiger partial charge is 0.337 e. The van der Waals surface area contributed by atoms with Crippen molar-refractivity contribution in [1.82, 2.24) is 20.2 Å². The molecule has 2 aliphatic heterocycles. The second-order valence-electron chi connectivity index (χ2n) is 5.63. The lowest BCUT2D eigenvalue weighted by atomic mass is 10.0. The molecule has 4 heterocycles. The van der Waals surface area contributed by atoms with Crippen LogP contribution in [0.4, 0.5) is 0 Å². The third-order valence-electron chi connectivity index (χ3n) is 4.28. The van der Waals surface area contributed by atoms with Crippen molar-refractivity contribution < 1.29 is 4.79 Å². The molecule has 108 valence electrons. The van der Waals surface area contributed by atoms with E-state index in [1.807, 2.05) is 23.1 Å². The summed E-state index contributed by atoms with van der Waals surface area (Å²) >= 11 is 1.43. The lowest BCUT2D eigenvalue weighted by molar-refractivity contribution is 0.0786. The first-order chi connectivity index (χ1) is 10.3. The Hall–Kier alpha value is -1.79. The molecule has 5 nitrogen and oxygen atoms in total. The van der Waals surface area contributed by atoms with Gasteiger partial charge < -0.3 is 10.2 Å². The number of hydrogen-bond donors (Lipinski definition) is 1. The minimum Gasteiger partial charge on any atom is -0.337 e. The molecular weight excluding hydrogens is 284 g/mol. The van der Waals surface area contributed by atoms with E-state index in [1.165, 1.54) is 11.3 Å². The molecule has 0 aromatic carbocycles.